The van der Waals surface area contributed by atoms with Gasteiger partial charge in [0.15, 0.2) is 16.7 Å². The molecular formula is C23H20N2O4S. The minimum Gasteiger partial charge on any atom is -0.493 e. The van der Waals surface area contributed by atoms with E-state index in [1.165, 1.54) is 11.8 Å². The lowest BCUT2D eigenvalue weighted by atomic mass is 10.1. The van der Waals surface area contributed by atoms with E-state index >= 15 is 0 Å². The SMILES string of the molecule is COc1cccc(/C=C2\SC(=Nc3ccccc3)N(Cc3ccco3)C2=O)c1OC. The molecule has 152 valence electrons. The molecule has 0 bridgehead atoms. The van der Waals surface area contributed by atoms with Gasteiger partial charge in [0, 0.05) is 5.56 Å². The Hall–Kier alpha value is -3.45. The molecule has 1 aliphatic rings. The zero-order chi connectivity index (χ0) is 20.9. The third kappa shape index (κ3) is 4.11. The van der Waals surface area contributed by atoms with Crippen LogP contribution in [-0.2, 0) is 11.3 Å². The largest absolute Gasteiger partial charge is 0.493 e. The van der Waals surface area contributed by atoms with Crippen LogP contribution in [0.15, 0.2) is 81.2 Å². The lowest BCUT2D eigenvalue weighted by molar-refractivity contribution is -0.122. The number of thioether (sulfide) groups is 1. The number of benzene rings is 2. The van der Waals surface area contributed by atoms with Gasteiger partial charge in [-0.1, -0.05) is 30.3 Å². The summed E-state index contributed by atoms with van der Waals surface area (Å²) in [5.41, 5.74) is 1.53. The summed E-state index contributed by atoms with van der Waals surface area (Å²) in [6, 6.07) is 18.7. The van der Waals surface area contributed by atoms with Gasteiger partial charge in [0.2, 0.25) is 0 Å². The van der Waals surface area contributed by atoms with Gasteiger partial charge >= 0.3 is 0 Å². The highest BCUT2D eigenvalue weighted by Crippen LogP contribution is 2.38. The topological polar surface area (TPSA) is 64.3 Å². The Kier molecular flexibility index (Phi) is 5.90. The van der Waals surface area contributed by atoms with E-state index in [9.17, 15) is 4.79 Å². The van der Waals surface area contributed by atoms with Crippen LogP contribution in [0, 0.1) is 0 Å². The van der Waals surface area contributed by atoms with Crippen molar-refractivity contribution >= 4 is 34.6 Å². The minimum atomic E-state index is -0.143. The van der Waals surface area contributed by atoms with Gasteiger partial charge in [-0.15, -0.1) is 0 Å². The van der Waals surface area contributed by atoms with Gasteiger partial charge in [-0.2, -0.15) is 0 Å². The second kappa shape index (κ2) is 8.92. The highest BCUT2D eigenvalue weighted by molar-refractivity contribution is 8.18. The minimum absolute atomic E-state index is 0.143. The number of para-hydroxylation sites is 2. The molecule has 30 heavy (non-hydrogen) atoms. The lowest BCUT2D eigenvalue weighted by Crippen LogP contribution is -2.28. The molecular weight excluding hydrogens is 400 g/mol. The van der Waals surface area contributed by atoms with Crippen molar-refractivity contribution in [2.24, 2.45) is 4.99 Å². The standard InChI is InChI=1S/C23H20N2O4S/c1-27-19-12-6-8-16(21(19)28-2)14-20-22(26)25(15-18-11-7-13-29-18)23(30-20)24-17-9-4-3-5-10-17/h3-14H,15H2,1-2H3/b20-14-,24-23?. The van der Waals surface area contributed by atoms with E-state index in [4.69, 9.17) is 13.9 Å². The summed E-state index contributed by atoms with van der Waals surface area (Å²) in [4.78, 5) is 20.1. The molecule has 2 aromatic carbocycles. The fourth-order valence-electron chi connectivity index (χ4n) is 3.07. The number of furan rings is 1. The second-order valence-corrected chi connectivity index (χ2v) is 7.40. The van der Waals surface area contributed by atoms with Crippen LogP contribution in [0.2, 0.25) is 0 Å². The van der Waals surface area contributed by atoms with Crippen LogP contribution in [0.4, 0.5) is 5.69 Å². The summed E-state index contributed by atoms with van der Waals surface area (Å²) in [6.45, 7) is 0.303. The number of nitrogens with zero attached hydrogens (tertiary/aromatic N) is 2. The predicted molar refractivity (Wildman–Crippen MR) is 118 cm³/mol. The van der Waals surface area contributed by atoms with E-state index in [0.29, 0.717) is 33.9 Å². The molecule has 1 aliphatic heterocycles. The molecule has 0 unspecified atom stereocenters. The molecule has 1 amide bonds. The molecule has 2 heterocycles. The van der Waals surface area contributed by atoms with Gasteiger partial charge in [0.1, 0.15) is 5.76 Å². The Morgan fingerprint density at radius 2 is 1.87 bits per heavy atom. The van der Waals surface area contributed by atoms with Crippen LogP contribution in [0.3, 0.4) is 0 Å². The Bertz CT molecular complexity index is 1090. The van der Waals surface area contributed by atoms with E-state index < -0.39 is 0 Å². The second-order valence-electron chi connectivity index (χ2n) is 6.39. The summed E-state index contributed by atoms with van der Waals surface area (Å²) in [5, 5.41) is 0.593. The van der Waals surface area contributed by atoms with Gasteiger partial charge in [0.25, 0.3) is 5.91 Å². The maximum atomic E-state index is 13.2. The molecule has 0 spiro atoms. The van der Waals surface area contributed by atoms with Crippen LogP contribution < -0.4 is 9.47 Å². The first-order chi connectivity index (χ1) is 14.7. The Balaban J connectivity index is 1.73. The zero-order valence-corrected chi connectivity index (χ0v) is 17.4. The number of amides is 1. The molecule has 0 atom stereocenters. The average molecular weight is 420 g/mol. The monoisotopic (exact) mass is 420 g/mol. The van der Waals surface area contributed by atoms with Gasteiger partial charge in [-0.05, 0) is 48.2 Å². The highest BCUT2D eigenvalue weighted by Gasteiger charge is 2.34. The number of carbonyl (C=O) groups excluding carboxylic acids is 1. The van der Waals surface area contributed by atoms with E-state index in [-0.39, 0.29) is 5.91 Å². The molecule has 1 saturated heterocycles. The van der Waals surface area contributed by atoms with Crippen molar-refractivity contribution < 1.29 is 18.7 Å². The molecule has 0 saturated carbocycles. The Morgan fingerprint density at radius 1 is 1.03 bits per heavy atom. The number of hydrogen-bond acceptors (Lipinski definition) is 6. The number of amidine groups is 1. The average Bonchev–Trinajstić information content (AvgIpc) is 3.38. The van der Waals surface area contributed by atoms with Crippen molar-refractivity contribution in [2.45, 2.75) is 6.54 Å². The van der Waals surface area contributed by atoms with Crippen molar-refractivity contribution in [3.05, 3.63) is 83.2 Å². The Labute approximate surface area is 178 Å². The molecule has 0 N–H and O–H groups in total. The first kappa shape index (κ1) is 19.8. The number of hydrogen-bond donors (Lipinski definition) is 0. The number of methoxy groups -OCH3 is 2. The molecule has 0 aliphatic carbocycles. The van der Waals surface area contributed by atoms with E-state index in [0.717, 1.165) is 11.3 Å². The van der Waals surface area contributed by atoms with Crippen LogP contribution >= 0.6 is 11.8 Å². The first-order valence-corrected chi connectivity index (χ1v) is 10.1. The molecule has 6 nitrogen and oxygen atoms in total. The van der Waals surface area contributed by atoms with Crippen molar-refractivity contribution in [1.29, 1.82) is 0 Å². The number of ether oxygens (including phenoxy) is 2. The number of aliphatic imine (C=N–C) groups is 1. The van der Waals surface area contributed by atoms with Crippen molar-refractivity contribution in [3.63, 3.8) is 0 Å². The molecule has 1 aromatic heterocycles. The molecule has 4 rings (SSSR count). The van der Waals surface area contributed by atoms with E-state index in [1.807, 2.05) is 54.6 Å². The third-order valence-corrected chi connectivity index (χ3v) is 5.49. The summed E-state index contributed by atoms with van der Waals surface area (Å²) in [7, 11) is 3.16. The fraction of sp³-hybridized carbons (Fsp3) is 0.130. The summed E-state index contributed by atoms with van der Waals surface area (Å²) >= 11 is 1.32. The third-order valence-electron chi connectivity index (χ3n) is 4.48. The fourth-order valence-corrected chi connectivity index (χ4v) is 4.06. The summed E-state index contributed by atoms with van der Waals surface area (Å²) in [6.07, 6.45) is 3.39. The predicted octanol–water partition coefficient (Wildman–Crippen LogP) is 5.10. The highest BCUT2D eigenvalue weighted by atomic mass is 32.2. The maximum absolute atomic E-state index is 13.2. The van der Waals surface area contributed by atoms with E-state index in [2.05, 4.69) is 4.99 Å². The summed E-state index contributed by atoms with van der Waals surface area (Å²) < 4.78 is 16.3. The quantitative estimate of drug-likeness (QED) is 0.519. The van der Waals surface area contributed by atoms with Crippen LogP contribution in [-0.4, -0.2) is 30.2 Å². The van der Waals surface area contributed by atoms with E-state index in [1.54, 1.807) is 37.5 Å². The van der Waals surface area contributed by atoms with Crippen LogP contribution in [0.5, 0.6) is 11.5 Å². The van der Waals surface area contributed by atoms with Crippen molar-refractivity contribution in [1.82, 2.24) is 4.90 Å². The number of rotatable bonds is 6. The van der Waals surface area contributed by atoms with Crippen LogP contribution in [0.25, 0.3) is 6.08 Å². The molecule has 0 radical (unpaired) electrons. The van der Waals surface area contributed by atoms with Crippen molar-refractivity contribution in [3.8, 4) is 11.5 Å². The van der Waals surface area contributed by atoms with Gasteiger partial charge in [-0.3, -0.25) is 9.69 Å². The molecule has 1 fully saturated rings. The number of carbonyl (C=O) groups is 1. The maximum Gasteiger partial charge on any atom is 0.267 e. The normalized spacial score (nSPS) is 16.5. The van der Waals surface area contributed by atoms with Gasteiger partial charge in [0.05, 0.1) is 37.6 Å². The first-order valence-electron chi connectivity index (χ1n) is 9.28. The lowest BCUT2D eigenvalue weighted by Gasteiger charge is -2.14. The van der Waals surface area contributed by atoms with Gasteiger partial charge < -0.3 is 13.9 Å². The summed E-state index contributed by atoms with van der Waals surface area (Å²) in [5.74, 6) is 1.72. The smallest absolute Gasteiger partial charge is 0.267 e. The molecule has 7 heteroatoms. The zero-order valence-electron chi connectivity index (χ0n) is 16.6. The van der Waals surface area contributed by atoms with Crippen LogP contribution in [0.1, 0.15) is 11.3 Å². The Morgan fingerprint density at radius 3 is 2.57 bits per heavy atom. The molecule has 3 aromatic rings. The van der Waals surface area contributed by atoms with Gasteiger partial charge in [-0.25, -0.2) is 4.99 Å². The van der Waals surface area contributed by atoms with Crippen molar-refractivity contribution in [2.75, 3.05) is 14.2 Å².